The Morgan fingerprint density at radius 3 is 2.00 bits per heavy atom. The third-order valence-electron chi connectivity index (χ3n) is 1.48. The van der Waals surface area contributed by atoms with Gasteiger partial charge in [0.15, 0.2) is 5.78 Å². The molecule has 0 aliphatic heterocycles. The highest BCUT2D eigenvalue weighted by Gasteiger charge is 2.10. The van der Waals surface area contributed by atoms with Crippen molar-refractivity contribution in [2.45, 2.75) is 0 Å². The molecule has 0 unspecified atom stereocenters. The van der Waals surface area contributed by atoms with Crippen LogP contribution in [0.4, 0.5) is 0 Å². The van der Waals surface area contributed by atoms with Crippen molar-refractivity contribution in [3.8, 4) is 0 Å². The molecule has 0 saturated heterocycles. The number of rotatable bonds is 7. The maximum atomic E-state index is 11.5. The van der Waals surface area contributed by atoms with Gasteiger partial charge in [-0.05, 0) is 18.2 Å². The summed E-state index contributed by atoms with van der Waals surface area (Å²) >= 11 is 0. The first-order chi connectivity index (χ1) is 7.21. The summed E-state index contributed by atoms with van der Waals surface area (Å²) in [5.41, 5.74) is 0.361. The maximum Gasteiger partial charge on any atom is 0.188 e. The maximum absolute atomic E-state index is 11.5. The van der Waals surface area contributed by atoms with Gasteiger partial charge in [0.25, 0.3) is 0 Å². The minimum atomic E-state index is -0.246. The van der Waals surface area contributed by atoms with E-state index in [1.54, 1.807) is 12.2 Å². The molecule has 0 aromatic carbocycles. The zero-order valence-corrected chi connectivity index (χ0v) is 8.61. The van der Waals surface area contributed by atoms with E-state index in [2.05, 4.69) is 26.3 Å². The first kappa shape index (κ1) is 12.9. The fourth-order valence-corrected chi connectivity index (χ4v) is 0.903. The molecule has 2 nitrogen and oxygen atoms in total. The Hall–Kier alpha value is -2.09. The van der Waals surface area contributed by atoms with Crippen LogP contribution in [-0.2, 0) is 9.53 Å². The van der Waals surface area contributed by atoms with E-state index in [1.165, 1.54) is 24.5 Å². The lowest BCUT2D eigenvalue weighted by atomic mass is 10.1. The minimum absolute atomic E-state index is 0.246. The first-order valence-corrected chi connectivity index (χ1v) is 4.31. The molecular formula is C13H14O2. The third kappa shape index (κ3) is 4.09. The molecule has 0 amide bonds. The Morgan fingerprint density at radius 2 is 1.60 bits per heavy atom. The van der Waals surface area contributed by atoms with Crippen LogP contribution in [0.5, 0.6) is 0 Å². The SMILES string of the molecule is C=C/C=C(OC=C)\C(=C/C=C)C(=O)C=C. The number of ether oxygens (including phenoxy) is 1. The minimum Gasteiger partial charge on any atom is -0.465 e. The second-order valence-electron chi connectivity index (χ2n) is 2.44. The van der Waals surface area contributed by atoms with Crippen molar-refractivity contribution in [1.29, 1.82) is 0 Å². The molecule has 2 heteroatoms. The van der Waals surface area contributed by atoms with Crippen LogP contribution in [0.2, 0.25) is 0 Å². The van der Waals surface area contributed by atoms with Gasteiger partial charge in [-0.2, -0.15) is 0 Å². The molecule has 0 saturated carbocycles. The molecule has 0 aliphatic rings. The molecule has 0 aliphatic carbocycles. The van der Waals surface area contributed by atoms with Gasteiger partial charge in [0.05, 0.1) is 11.8 Å². The van der Waals surface area contributed by atoms with Crippen LogP contribution >= 0.6 is 0 Å². The van der Waals surface area contributed by atoms with Crippen molar-refractivity contribution < 1.29 is 9.53 Å². The van der Waals surface area contributed by atoms with E-state index in [0.717, 1.165) is 0 Å². The van der Waals surface area contributed by atoms with Gasteiger partial charge in [-0.3, -0.25) is 4.79 Å². The molecule has 0 aromatic rings. The largest absolute Gasteiger partial charge is 0.465 e. The molecule has 0 spiro atoms. The molecule has 0 fully saturated rings. The van der Waals surface area contributed by atoms with Crippen LogP contribution in [0, 0.1) is 0 Å². The summed E-state index contributed by atoms with van der Waals surface area (Å²) in [7, 11) is 0. The van der Waals surface area contributed by atoms with Crippen molar-refractivity contribution in [2.75, 3.05) is 0 Å². The Balaban J connectivity index is 5.27. The Bertz CT molecular complexity index is 344. The predicted molar refractivity (Wildman–Crippen MR) is 63.0 cm³/mol. The van der Waals surface area contributed by atoms with Crippen LogP contribution < -0.4 is 0 Å². The zero-order chi connectivity index (χ0) is 11.7. The summed E-state index contributed by atoms with van der Waals surface area (Å²) in [6.07, 6.45) is 8.58. The average Bonchev–Trinajstić information content (AvgIpc) is 2.25. The number of ketones is 1. The Labute approximate surface area is 90.3 Å². The van der Waals surface area contributed by atoms with E-state index < -0.39 is 0 Å². The van der Waals surface area contributed by atoms with E-state index >= 15 is 0 Å². The molecule has 78 valence electrons. The Morgan fingerprint density at radius 1 is 1.00 bits per heavy atom. The van der Waals surface area contributed by atoms with Gasteiger partial charge in [0.2, 0.25) is 0 Å². The molecule has 0 atom stereocenters. The van der Waals surface area contributed by atoms with E-state index in [9.17, 15) is 4.79 Å². The third-order valence-corrected chi connectivity index (χ3v) is 1.48. The molecule has 0 radical (unpaired) electrons. The van der Waals surface area contributed by atoms with E-state index in [1.807, 2.05) is 0 Å². The van der Waals surface area contributed by atoms with Crippen molar-refractivity contribution in [2.24, 2.45) is 0 Å². The van der Waals surface area contributed by atoms with Crippen LogP contribution in [0.25, 0.3) is 0 Å². The smallest absolute Gasteiger partial charge is 0.188 e. The highest BCUT2D eigenvalue weighted by molar-refractivity contribution is 6.06. The average molecular weight is 202 g/mol. The van der Waals surface area contributed by atoms with E-state index in [4.69, 9.17) is 4.74 Å². The highest BCUT2D eigenvalue weighted by Crippen LogP contribution is 2.14. The number of allylic oxidation sites excluding steroid dienone is 6. The zero-order valence-electron chi connectivity index (χ0n) is 8.61. The monoisotopic (exact) mass is 202 g/mol. The summed E-state index contributed by atoms with van der Waals surface area (Å²) in [6, 6.07) is 0. The van der Waals surface area contributed by atoms with Crippen molar-refractivity contribution in [3.63, 3.8) is 0 Å². The molecule has 15 heavy (non-hydrogen) atoms. The van der Waals surface area contributed by atoms with Gasteiger partial charge in [-0.15, -0.1) is 0 Å². The number of hydrogen-bond donors (Lipinski definition) is 0. The molecule has 0 rings (SSSR count). The Kier molecular flexibility index (Phi) is 6.31. The van der Waals surface area contributed by atoms with Crippen LogP contribution in [0.1, 0.15) is 0 Å². The van der Waals surface area contributed by atoms with E-state index in [-0.39, 0.29) is 5.78 Å². The lowest BCUT2D eigenvalue weighted by molar-refractivity contribution is -0.111. The van der Waals surface area contributed by atoms with Gasteiger partial charge in [0, 0.05) is 0 Å². The first-order valence-electron chi connectivity index (χ1n) is 4.31. The van der Waals surface area contributed by atoms with Gasteiger partial charge < -0.3 is 4.74 Å². The number of carbonyl (C=O) groups excluding carboxylic acids is 1. The summed E-state index contributed by atoms with van der Waals surface area (Å²) in [4.78, 5) is 11.5. The molecule has 0 bridgehead atoms. The van der Waals surface area contributed by atoms with Gasteiger partial charge in [-0.25, -0.2) is 0 Å². The predicted octanol–water partition coefficient (Wildman–Crippen LogP) is 3.08. The fraction of sp³-hybridized carbons (Fsp3) is 0. The highest BCUT2D eigenvalue weighted by atomic mass is 16.5. The second kappa shape index (κ2) is 7.33. The van der Waals surface area contributed by atoms with Crippen LogP contribution in [-0.4, -0.2) is 5.78 Å². The molecule has 0 N–H and O–H groups in total. The molecule has 0 aromatic heterocycles. The van der Waals surface area contributed by atoms with Gasteiger partial charge in [-0.1, -0.05) is 38.5 Å². The fourth-order valence-electron chi connectivity index (χ4n) is 0.903. The summed E-state index contributed by atoms with van der Waals surface area (Å²) in [6.45, 7) is 13.9. The van der Waals surface area contributed by atoms with Crippen LogP contribution in [0.3, 0.4) is 0 Å². The van der Waals surface area contributed by atoms with Crippen LogP contribution in [0.15, 0.2) is 74.3 Å². The van der Waals surface area contributed by atoms with Crippen molar-refractivity contribution in [1.82, 2.24) is 0 Å². The normalized spacial score (nSPS) is 11.5. The van der Waals surface area contributed by atoms with E-state index in [0.29, 0.717) is 11.3 Å². The van der Waals surface area contributed by atoms with Gasteiger partial charge >= 0.3 is 0 Å². The van der Waals surface area contributed by atoms with Crippen molar-refractivity contribution >= 4 is 5.78 Å². The quantitative estimate of drug-likeness (QED) is 0.360. The number of hydrogen-bond acceptors (Lipinski definition) is 2. The lowest BCUT2D eigenvalue weighted by Crippen LogP contribution is -2.02. The summed E-state index contributed by atoms with van der Waals surface area (Å²) < 4.78 is 5.09. The number of carbonyl (C=O) groups is 1. The molecule has 0 heterocycles. The summed E-state index contributed by atoms with van der Waals surface area (Å²) in [5, 5.41) is 0. The van der Waals surface area contributed by atoms with Crippen molar-refractivity contribution in [3.05, 3.63) is 74.3 Å². The van der Waals surface area contributed by atoms with Gasteiger partial charge in [0.1, 0.15) is 5.76 Å². The summed E-state index contributed by atoms with van der Waals surface area (Å²) in [5.74, 6) is 0.120. The lowest BCUT2D eigenvalue weighted by Gasteiger charge is -2.06. The standard InChI is InChI=1S/C13H14O2/c1-5-9-11(12(14)7-3)13(10-6-2)15-8-4/h5-10H,1-4H2/b11-9-,13-10+. The molecular weight excluding hydrogens is 188 g/mol. The topological polar surface area (TPSA) is 26.3 Å². The second-order valence-corrected chi connectivity index (χ2v) is 2.44.